The minimum Gasteiger partial charge on any atom is -0.383 e. The maximum Gasteiger partial charge on any atom is 0.250 e. The maximum absolute atomic E-state index is 11.0. The molecule has 0 saturated carbocycles. The van der Waals surface area contributed by atoms with Crippen LogP contribution in [0.15, 0.2) is 22.7 Å². The van der Waals surface area contributed by atoms with E-state index in [4.69, 9.17) is 11.5 Å². The van der Waals surface area contributed by atoms with Gasteiger partial charge in [-0.3, -0.25) is 4.79 Å². The van der Waals surface area contributed by atoms with Crippen LogP contribution in [0.2, 0.25) is 0 Å². The van der Waals surface area contributed by atoms with Gasteiger partial charge in [0.1, 0.15) is 0 Å². The number of nitrogens with two attached hydrogens (primary N) is 2. The zero-order valence-corrected chi connectivity index (χ0v) is 9.17. The monoisotopic (exact) mass is 257 g/mol. The van der Waals surface area contributed by atoms with Crippen LogP contribution < -0.4 is 16.8 Å². The van der Waals surface area contributed by atoms with Crippen LogP contribution in [-0.4, -0.2) is 19.0 Å². The lowest BCUT2D eigenvalue weighted by Gasteiger charge is -2.09. The van der Waals surface area contributed by atoms with Gasteiger partial charge in [0.15, 0.2) is 0 Å². The fraction of sp³-hybridized carbons (Fsp3) is 0.222. The summed E-state index contributed by atoms with van der Waals surface area (Å²) in [7, 11) is 0. The molecule has 5 N–H and O–H groups in total. The molecule has 0 bridgehead atoms. The van der Waals surface area contributed by atoms with Crippen LogP contribution >= 0.6 is 15.9 Å². The van der Waals surface area contributed by atoms with Gasteiger partial charge in [-0.15, -0.1) is 0 Å². The topological polar surface area (TPSA) is 81.1 Å². The molecule has 0 aliphatic carbocycles. The second kappa shape index (κ2) is 4.97. The first kappa shape index (κ1) is 11.0. The van der Waals surface area contributed by atoms with E-state index in [0.29, 0.717) is 24.3 Å². The highest BCUT2D eigenvalue weighted by atomic mass is 79.9. The molecule has 0 atom stereocenters. The lowest BCUT2D eigenvalue weighted by molar-refractivity contribution is 0.100. The molecule has 0 saturated heterocycles. The first-order valence-corrected chi connectivity index (χ1v) is 4.97. The largest absolute Gasteiger partial charge is 0.383 e. The molecular formula is C9H12BrN3O. The Balaban J connectivity index is 2.97. The molecule has 0 aromatic heterocycles. The van der Waals surface area contributed by atoms with Crippen molar-refractivity contribution in [1.29, 1.82) is 0 Å². The van der Waals surface area contributed by atoms with E-state index in [1.54, 1.807) is 18.2 Å². The molecular weight excluding hydrogens is 246 g/mol. The van der Waals surface area contributed by atoms with Gasteiger partial charge in [-0.05, 0) is 18.2 Å². The third-order valence-electron chi connectivity index (χ3n) is 1.71. The van der Waals surface area contributed by atoms with E-state index in [1.807, 2.05) is 0 Å². The average molecular weight is 258 g/mol. The summed E-state index contributed by atoms with van der Waals surface area (Å²) in [6.45, 7) is 1.11. The number of anilines is 1. The van der Waals surface area contributed by atoms with Gasteiger partial charge in [0.05, 0.1) is 5.56 Å². The van der Waals surface area contributed by atoms with E-state index in [9.17, 15) is 4.79 Å². The van der Waals surface area contributed by atoms with Gasteiger partial charge in [0.2, 0.25) is 0 Å². The number of carbonyl (C=O) groups excluding carboxylic acids is 1. The number of hydrogen-bond donors (Lipinski definition) is 3. The fourth-order valence-electron chi connectivity index (χ4n) is 1.08. The lowest BCUT2D eigenvalue weighted by atomic mass is 10.1. The van der Waals surface area contributed by atoms with Crippen LogP contribution in [-0.2, 0) is 0 Å². The molecule has 14 heavy (non-hydrogen) atoms. The van der Waals surface area contributed by atoms with Gasteiger partial charge < -0.3 is 16.8 Å². The Kier molecular flexibility index (Phi) is 3.91. The number of amides is 1. The molecule has 0 radical (unpaired) electrons. The molecule has 0 aliphatic rings. The summed E-state index contributed by atoms with van der Waals surface area (Å²) < 4.78 is 0.891. The summed E-state index contributed by atoms with van der Waals surface area (Å²) in [6, 6.07) is 5.24. The van der Waals surface area contributed by atoms with Gasteiger partial charge in [0.25, 0.3) is 5.91 Å². The first-order valence-electron chi connectivity index (χ1n) is 4.18. The smallest absolute Gasteiger partial charge is 0.250 e. The van der Waals surface area contributed by atoms with Crippen molar-refractivity contribution in [1.82, 2.24) is 0 Å². The van der Waals surface area contributed by atoms with Crippen molar-refractivity contribution in [2.24, 2.45) is 11.5 Å². The normalized spacial score (nSPS) is 9.86. The molecule has 0 heterocycles. The van der Waals surface area contributed by atoms with Crippen LogP contribution in [0.4, 0.5) is 5.69 Å². The lowest BCUT2D eigenvalue weighted by Crippen LogP contribution is -2.18. The molecule has 76 valence electrons. The average Bonchev–Trinajstić information content (AvgIpc) is 2.14. The number of hydrogen-bond acceptors (Lipinski definition) is 3. The van der Waals surface area contributed by atoms with Crippen molar-refractivity contribution in [3.63, 3.8) is 0 Å². The molecule has 0 fully saturated rings. The molecule has 0 aliphatic heterocycles. The van der Waals surface area contributed by atoms with E-state index < -0.39 is 5.91 Å². The standard InChI is InChI=1S/C9H12BrN3O/c10-6-1-2-7(9(12)14)8(5-6)13-4-3-11/h1-2,5,13H,3-4,11H2,(H2,12,14). The van der Waals surface area contributed by atoms with Gasteiger partial charge in [-0.1, -0.05) is 15.9 Å². The van der Waals surface area contributed by atoms with Crippen LogP contribution in [0.1, 0.15) is 10.4 Å². The van der Waals surface area contributed by atoms with Crippen molar-refractivity contribution < 1.29 is 4.79 Å². The molecule has 1 rings (SSSR count). The number of halogens is 1. The highest BCUT2D eigenvalue weighted by Gasteiger charge is 2.07. The Morgan fingerprint density at radius 3 is 2.79 bits per heavy atom. The van der Waals surface area contributed by atoms with Crippen LogP contribution in [0.25, 0.3) is 0 Å². The van der Waals surface area contributed by atoms with Crippen molar-refractivity contribution in [3.05, 3.63) is 28.2 Å². The van der Waals surface area contributed by atoms with E-state index in [1.165, 1.54) is 0 Å². The Morgan fingerprint density at radius 1 is 1.50 bits per heavy atom. The van der Waals surface area contributed by atoms with Gasteiger partial charge in [-0.2, -0.15) is 0 Å². The zero-order chi connectivity index (χ0) is 10.6. The summed E-state index contributed by atoms with van der Waals surface area (Å²) in [6.07, 6.45) is 0. The molecule has 1 amide bonds. The van der Waals surface area contributed by atoms with E-state index in [2.05, 4.69) is 21.2 Å². The molecule has 0 spiro atoms. The zero-order valence-electron chi connectivity index (χ0n) is 7.59. The van der Waals surface area contributed by atoms with Crippen molar-refractivity contribution in [2.75, 3.05) is 18.4 Å². The number of nitrogens with one attached hydrogen (secondary N) is 1. The van der Waals surface area contributed by atoms with Gasteiger partial charge >= 0.3 is 0 Å². The van der Waals surface area contributed by atoms with Crippen molar-refractivity contribution in [2.45, 2.75) is 0 Å². The van der Waals surface area contributed by atoms with Crippen molar-refractivity contribution >= 4 is 27.5 Å². The molecule has 1 aromatic rings. The fourth-order valence-corrected chi connectivity index (χ4v) is 1.45. The highest BCUT2D eigenvalue weighted by Crippen LogP contribution is 2.20. The number of primary amides is 1. The highest BCUT2D eigenvalue weighted by molar-refractivity contribution is 9.10. The molecule has 1 aromatic carbocycles. The Labute approximate surface area is 90.8 Å². The van der Waals surface area contributed by atoms with Crippen LogP contribution in [0.3, 0.4) is 0 Å². The van der Waals surface area contributed by atoms with Gasteiger partial charge in [-0.25, -0.2) is 0 Å². The summed E-state index contributed by atoms with van der Waals surface area (Å²) >= 11 is 3.31. The SMILES string of the molecule is NCCNc1cc(Br)ccc1C(N)=O. The quantitative estimate of drug-likeness (QED) is 0.751. The second-order valence-corrected chi connectivity index (χ2v) is 3.69. The van der Waals surface area contributed by atoms with Crippen LogP contribution in [0.5, 0.6) is 0 Å². The molecule has 4 nitrogen and oxygen atoms in total. The Bertz CT molecular complexity index is 341. The van der Waals surface area contributed by atoms with Crippen LogP contribution in [0, 0.1) is 0 Å². The summed E-state index contributed by atoms with van der Waals surface area (Å²) in [4.78, 5) is 11.0. The summed E-state index contributed by atoms with van der Waals surface area (Å²) in [5, 5.41) is 3.03. The minimum atomic E-state index is -0.447. The third-order valence-corrected chi connectivity index (χ3v) is 2.20. The second-order valence-electron chi connectivity index (χ2n) is 2.77. The third kappa shape index (κ3) is 2.71. The minimum absolute atomic E-state index is 0.447. The van der Waals surface area contributed by atoms with E-state index in [0.717, 1.165) is 4.47 Å². The summed E-state index contributed by atoms with van der Waals surface area (Å²) in [5.41, 5.74) is 11.7. The van der Waals surface area contributed by atoms with Crippen molar-refractivity contribution in [3.8, 4) is 0 Å². The van der Waals surface area contributed by atoms with E-state index in [-0.39, 0.29) is 0 Å². The summed E-state index contributed by atoms with van der Waals surface area (Å²) in [5.74, 6) is -0.447. The predicted octanol–water partition coefficient (Wildman–Crippen LogP) is 0.919. The number of rotatable bonds is 4. The number of benzene rings is 1. The molecule has 5 heteroatoms. The predicted molar refractivity (Wildman–Crippen MR) is 60.2 cm³/mol. The Morgan fingerprint density at radius 2 is 2.21 bits per heavy atom. The first-order chi connectivity index (χ1) is 6.65. The van der Waals surface area contributed by atoms with Gasteiger partial charge in [0, 0.05) is 23.2 Å². The Hall–Kier alpha value is -1.07. The molecule has 0 unspecified atom stereocenters. The number of carbonyl (C=O) groups is 1. The van der Waals surface area contributed by atoms with E-state index >= 15 is 0 Å². The maximum atomic E-state index is 11.0.